The number of benzene rings is 1. The number of hydrogen-bond acceptors (Lipinski definition) is 8. The van der Waals surface area contributed by atoms with E-state index in [1.54, 1.807) is 36.0 Å². The predicted octanol–water partition coefficient (Wildman–Crippen LogP) is 3.56. The molecule has 0 spiro atoms. The van der Waals surface area contributed by atoms with Crippen molar-refractivity contribution in [3.8, 4) is 11.3 Å². The molecule has 0 unspecified atom stereocenters. The van der Waals surface area contributed by atoms with Crippen LogP contribution in [0.1, 0.15) is 5.56 Å². The minimum Gasteiger partial charge on any atom is -0.378 e. The van der Waals surface area contributed by atoms with E-state index in [0.717, 1.165) is 17.3 Å². The number of carbonyl (C=O) groups is 1. The zero-order chi connectivity index (χ0) is 21.4. The fourth-order valence-corrected chi connectivity index (χ4v) is 5.02. The zero-order valence-electron chi connectivity index (χ0n) is 16.2. The molecule has 31 heavy (non-hydrogen) atoms. The molecular formula is C20H17FN6O2S2. The summed E-state index contributed by atoms with van der Waals surface area (Å²) in [4.78, 5) is 20.6. The second kappa shape index (κ2) is 8.25. The van der Waals surface area contributed by atoms with Crippen LogP contribution < -0.4 is 9.80 Å². The average molecular weight is 457 g/mol. The molecule has 0 saturated carbocycles. The van der Waals surface area contributed by atoms with Crippen LogP contribution in [-0.2, 0) is 9.53 Å². The number of anilines is 2. The number of halogens is 1. The molecule has 0 bridgehead atoms. The van der Waals surface area contributed by atoms with Crippen LogP contribution in [-0.4, -0.2) is 52.6 Å². The normalized spacial score (nSPS) is 18.4. The first-order valence-electron chi connectivity index (χ1n) is 9.50. The summed E-state index contributed by atoms with van der Waals surface area (Å²) in [6.45, 7) is 2.37. The maximum Gasteiger partial charge on any atom is 0.273 e. The smallest absolute Gasteiger partial charge is 0.273 e. The molecule has 2 aliphatic rings. The molecule has 2 N–H and O–H groups in total. The topological polar surface area (TPSA) is 98.2 Å². The quantitative estimate of drug-likeness (QED) is 0.583. The largest absolute Gasteiger partial charge is 0.378 e. The van der Waals surface area contributed by atoms with E-state index >= 15 is 0 Å². The van der Waals surface area contributed by atoms with Crippen molar-refractivity contribution >= 4 is 51.1 Å². The monoisotopic (exact) mass is 456 g/mol. The fourth-order valence-electron chi connectivity index (χ4n) is 3.48. The van der Waals surface area contributed by atoms with Gasteiger partial charge < -0.3 is 9.64 Å². The molecule has 2 aliphatic heterocycles. The Balaban J connectivity index is 1.47. The number of hydrogen-bond donors (Lipinski definition) is 2. The molecule has 2 fully saturated rings. The van der Waals surface area contributed by atoms with Crippen molar-refractivity contribution in [1.29, 1.82) is 5.41 Å². The molecule has 2 aromatic heterocycles. The van der Waals surface area contributed by atoms with Crippen molar-refractivity contribution in [1.82, 2.24) is 15.2 Å². The van der Waals surface area contributed by atoms with Gasteiger partial charge in [-0.1, -0.05) is 0 Å². The molecule has 5 rings (SSSR count). The maximum absolute atomic E-state index is 14.5. The number of rotatable bonds is 4. The summed E-state index contributed by atoms with van der Waals surface area (Å²) in [5.41, 5.74) is 2.63. The molecule has 4 heterocycles. The first-order valence-corrected chi connectivity index (χ1v) is 11.2. The third-order valence-corrected chi connectivity index (χ3v) is 6.62. The number of amidine groups is 1. The lowest BCUT2D eigenvalue weighted by Gasteiger charge is -2.29. The SMILES string of the molecule is N=C1SC(=Cc2cn[nH]c2-c2ccc(F)c(N3CCOCC3)c2)C(=O)N1c1nccs1. The number of aromatic amines is 1. The molecule has 3 aromatic rings. The Labute approximate surface area is 185 Å². The van der Waals surface area contributed by atoms with Gasteiger partial charge in [0.1, 0.15) is 5.82 Å². The highest BCUT2D eigenvalue weighted by Gasteiger charge is 2.35. The van der Waals surface area contributed by atoms with Crippen LogP contribution in [0.5, 0.6) is 0 Å². The van der Waals surface area contributed by atoms with Crippen molar-refractivity contribution in [2.24, 2.45) is 0 Å². The van der Waals surface area contributed by atoms with Crippen molar-refractivity contribution in [2.45, 2.75) is 0 Å². The van der Waals surface area contributed by atoms with Crippen molar-refractivity contribution in [3.05, 3.63) is 52.3 Å². The molecule has 0 radical (unpaired) electrons. The van der Waals surface area contributed by atoms with Crippen LogP contribution in [0.4, 0.5) is 15.2 Å². The first kappa shape index (κ1) is 19.9. The van der Waals surface area contributed by atoms with Crippen LogP contribution in [0.15, 0.2) is 40.9 Å². The first-order chi connectivity index (χ1) is 15.1. The molecule has 8 nitrogen and oxygen atoms in total. The van der Waals surface area contributed by atoms with E-state index in [4.69, 9.17) is 10.1 Å². The molecule has 1 amide bonds. The van der Waals surface area contributed by atoms with E-state index in [1.165, 1.54) is 22.3 Å². The van der Waals surface area contributed by atoms with Gasteiger partial charge in [0.05, 0.1) is 35.7 Å². The number of nitrogens with zero attached hydrogens (tertiary/aromatic N) is 4. The van der Waals surface area contributed by atoms with Crippen LogP contribution >= 0.6 is 23.1 Å². The van der Waals surface area contributed by atoms with Gasteiger partial charge in [0.15, 0.2) is 10.3 Å². The number of ether oxygens (including phenoxy) is 1. The summed E-state index contributed by atoms with van der Waals surface area (Å²) in [7, 11) is 0. The number of thioether (sulfide) groups is 1. The maximum atomic E-state index is 14.5. The minimum absolute atomic E-state index is 0.104. The van der Waals surface area contributed by atoms with Crippen LogP contribution in [0.3, 0.4) is 0 Å². The van der Waals surface area contributed by atoms with E-state index in [9.17, 15) is 9.18 Å². The van der Waals surface area contributed by atoms with E-state index in [2.05, 4.69) is 15.2 Å². The lowest BCUT2D eigenvalue weighted by atomic mass is 10.1. The van der Waals surface area contributed by atoms with E-state index in [-0.39, 0.29) is 16.9 Å². The van der Waals surface area contributed by atoms with Gasteiger partial charge in [0, 0.05) is 35.8 Å². The number of thiazole rings is 1. The van der Waals surface area contributed by atoms with Crippen LogP contribution in [0, 0.1) is 11.2 Å². The Hall–Kier alpha value is -3.02. The van der Waals surface area contributed by atoms with Gasteiger partial charge in [-0.05, 0) is 36.0 Å². The standard InChI is InChI=1S/C20H17FN6O2S2/c21-14-2-1-12(9-15(14)26-4-6-29-7-5-26)17-13(11-24-25-17)10-16-18(28)27(19(22)31-16)20-23-3-8-30-20/h1-3,8-11,22H,4-7H2,(H,24,25). The van der Waals surface area contributed by atoms with Gasteiger partial charge in [-0.2, -0.15) is 5.10 Å². The third-order valence-electron chi connectivity index (χ3n) is 4.98. The third kappa shape index (κ3) is 3.75. The Kier molecular flexibility index (Phi) is 5.30. The van der Waals surface area contributed by atoms with Crippen LogP contribution in [0.25, 0.3) is 17.3 Å². The Morgan fingerprint density at radius 1 is 1.29 bits per heavy atom. The summed E-state index contributed by atoms with van der Waals surface area (Å²) in [5, 5.41) is 17.6. The number of carbonyl (C=O) groups excluding carboxylic acids is 1. The molecular weight excluding hydrogens is 439 g/mol. The van der Waals surface area contributed by atoms with Gasteiger partial charge in [0.2, 0.25) is 0 Å². The molecule has 0 aliphatic carbocycles. The van der Waals surface area contributed by atoms with E-state index in [1.807, 2.05) is 4.90 Å². The number of nitrogens with one attached hydrogen (secondary N) is 2. The lowest BCUT2D eigenvalue weighted by molar-refractivity contribution is -0.113. The summed E-state index contributed by atoms with van der Waals surface area (Å²) < 4.78 is 19.9. The highest BCUT2D eigenvalue weighted by molar-refractivity contribution is 8.19. The predicted molar refractivity (Wildman–Crippen MR) is 120 cm³/mol. The molecule has 0 atom stereocenters. The van der Waals surface area contributed by atoms with Gasteiger partial charge in [-0.3, -0.25) is 15.3 Å². The molecule has 2 saturated heterocycles. The Morgan fingerprint density at radius 2 is 2.13 bits per heavy atom. The number of morpholine rings is 1. The van der Waals surface area contributed by atoms with Crippen molar-refractivity contribution in [2.75, 3.05) is 36.1 Å². The second-order valence-electron chi connectivity index (χ2n) is 6.84. The van der Waals surface area contributed by atoms with Gasteiger partial charge in [-0.25, -0.2) is 14.3 Å². The molecule has 11 heteroatoms. The second-order valence-corrected chi connectivity index (χ2v) is 8.74. The summed E-state index contributed by atoms with van der Waals surface area (Å²) in [6.07, 6.45) is 4.91. The minimum atomic E-state index is -0.301. The number of H-pyrrole nitrogens is 1. The Morgan fingerprint density at radius 3 is 2.90 bits per heavy atom. The van der Waals surface area contributed by atoms with Crippen molar-refractivity contribution < 1.29 is 13.9 Å². The van der Waals surface area contributed by atoms with E-state index in [0.29, 0.717) is 53.3 Å². The number of amides is 1. The summed E-state index contributed by atoms with van der Waals surface area (Å²) in [5.74, 6) is -0.593. The Bertz CT molecular complexity index is 1170. The molecule has 158 valence electrons. The van der Waals surface area contributed by atoms with Crippen molar-refractivity contribution in [3.63, 3.8) is 0 Å². The lowest BCUT2D eigenvalue weighted by Crippen LogP contribution is -2.36. The van der Waals surface area contributed by atoms with Gasteiger partial charge >= 0.3 is 0 Å². The van der Waals surface area contributed by atoms with Gasteiger partial charge in [0.25, 0.3) is 5.91 Å². The zero-order valence-corrected chi connectivity index (χ0v) is 17.8. The molecule has 1 aromatic carbocycles. The summed E-state index contributed by atoms with van der Waals surface area (Å²) >= 11 is 2.37. The van der Waals surface area contributed by atoms with Crippen LogP contribution in [0.2, 0.25) is 0 Å². The summed E-state index contributed by atoms with van der Waals surface area (Å²) in [6, 6.07) is 4.90. The van der Waals surface area contributed by atoms with E-state index < -0.39 is 0 Å². The highest BCUT2D eigenvalue weighted by Crippen LogP contribution is 2.37. The van der Waals surface area contributed by atoms with Gasteiger partial charge in [-0.15, -0.1) is 11.3 Å². The highest BCUT2D eigenvalue weighted by atomic mass is 32.2. The number of aromatic nitrogens is 3. The fraction of sp³-hybridized carbons (Fsp3) is 0.200. The average Bonchev–Trinajstić information content (AvgIpc) is 3.51.